The summed E-state index contributed by atoms with van der Waals surface area (Å²) >= 11 is 2.05. The summed E-state index contributed by atoms with van der Waals surface area (Å²) in [5.74, 6) is 0.772. The summed E-state index contributed by atoms with van der Waals surface area (Å²) in [5.41, 5.74) is -0.0661. The minimum Gasteiger partial charge on any atom is -0.357 e. The van der Waals surface area contributed by atoms with Gasteiger partial charge in [-0.25, -0.2) is 4.98 Å². The van der Waals surface area contributed by atoms with Crippen LogP contribution in [-0.4, -0.2) is 48.1 Å². The van der Waals surface area contributed by atoms with Crippen LogP contribution >= 0.6 is 22.6 Å². The maximum atomic E-state index is 11.5. The average Bonchev–Trinajstić information content (AvgIpc) is 2.82. The van der Waals surface area contributed by atoms with E-state index >= 15 is 0 Å². The summed E-state index contributed by atoms with van der Waals surface area (Å²) in [6.07, 6.45) is 4.08. The van der Waals surface area contributed by atoms with E-state index in [1.807, 2.05) is 29.6 Å². The van der Waals surface area contributed by atoms with Crippen LogP contribution in [0.25, 0.3) is 0 Å². The third kappa shape index (κ3) is 3.19. The van der Waals surface area contributed by atoms with E-state index in [9.17, 15) is 4.79 Å². The number of aromatic amines is 1. The summed E-state index contributed by atoms with van der Waals surface area (Å²) in [5, 5.41) is 0. The van der Waals surface area contributed by atoms with Gasteiger partial charge in [-0.1, -0.05) is 0 Å². The van der Waals surface area contributed by atoms with Gasteiger partial charge in [-0.05, 0) is 48.5 Å². The van der Waals surface area contributed by atoms with Crippen molar-refractivity contribution in [3.63, 3.8) is 0 Å². The van der Waals surface area contributed by atoms with Gasteiger partial charge in [0.05, 0.1) is 6.33 Å². The molecule has 0 aliphatic carbocycles. The molecule has 6 heteroatoms. The van der Waals surface area contributed by atoms with Crippen LogP contribution in [-0.2, 0) is 0 Å². The third-order valence-electron chi connectivity index (χ3n) is 3.09. The molecule has 0 bridgehead atoms. The molecule has 0 aromatic carbocycles. The minimum absolute atomic E-state index is 0.0661. The smallest absolute Gasteiger partial charge is 0.266 e. The number of nitrogens with one attached hydrogen (secondary N) is 1. The second kappa shape index (κ2) is 5.81. The highest BCUT2D eigenvalue weighted by molar-refractivity contribution is 14.1. The summed E-state index contributed by atoms with van der Waals surface area (Å²) in [6.45, 7) is 4.36. The Labute approximate surface area is 114 Å². The fourth-order valence-corrected chi connectivity index (χ4v) is 2.75. The molecule has 1 aliphatic rings. The Morgan fingerprint density at radius 2 is 2.24 bits per heavy atom. The monoisotopic (exact) mass is 348 g/mol. The Hall–Kier alpha value is -0.630. The lowest BCUT2D eigenvalue weighted by Crippen LogP contribution is -2.33. The van der Waals surface area contributed by atoms with E-state index < -0.39 is 0 Å². The molecule has 5 nitrogen and oxygen atoms in total. The van der Waals surface area contributed by atoms with Crippen molar-refractivity contribution in [3.05, 3.63) is 20.3 Å². The molecule has 1 aromatic rings. The molecule has 0 radical (unpaired) electrons. The number of hydrogen-bond acceptors (Lipinski definition) is 4. The molecule has 17 heavy (non-hydrogen) atoms. The molecule has 2 heterocycles. The SMILES string of the molecule is CN(CCN1CCCC1)c1nc[nH]c(=O)c1I. The van der Waals surface area contributed by atoms with Crippen LogP contribution < -0.4 is 10.5 Å². The molecule has 0 unspecified atom stereocenters. The van der Waals surface area contributed by atoms with Gasteiger partial charge in [0.15, 0.2) is 0 Å². The van der Waals surface area contributed by atoms with Crippen LogP contribution in [0.15, 0.2) is 11.1 Å². The van der Waals surface area contributed by atoms with Crippen molar-refractivity contribution in [2.75, 3.05) is 38.1 Å². The highest BCUT2D eigenvalue weighted by atomic mass is 127. The van der Waals surface area contributed by atoms with Gasteiger partial charge in [-0.2, -0.15) is 0 Å². The number of likely N-dealkylation sites (tertiary alicyclic amines) is 1. The number of rotatable bonds is 4. The van der Waals surface area contributed by atoms with Gasteiger partial charge in [0.2, 0.25) is 0 Å². The number of aromatic nitrogens is 2. The Morgan fingerprint density at radius 1 is 1.53 bits per heavy atom. The van der Waals surface area contributed by atoms with E-state index in [2.05, 4.69) is 19.8 Å². The molecule has 0 spiro atoms. The molecule has 1 N–H and O–H groups in total. The Kier molecular flexibility index (Phi) is 4.38. The van der Waals surface area contributed by atoms with Crippen molar-refractivity contribution in [2.45, 2.75) is 12.8 Å². The third-order valence-corrected chi connectivity index (χ3v) is 4.06. The quantitative estimate of drug-likeness (QED) is 0.822. The minimum atomic E-state index is -0.0661. The van der Waals surface area contributed by atoms with Crippen LogP contribution in [0.1, 0.15) is 12.8 Å². The molecule has 1 aliphatic heterocycles. The maximum Gasteiger partial charge on any atom is 0.266 e. The fourth-order valence-electron chi connectivity index (χ4n) is 2.04. The molecule has 0 amide bonds. The lowest BCUT2D eigenvalue weighted by Gasteiger charge is -2.22. The molecular formula is C11H17IN4O. The molecule has 0 saturated carbocycles. The number of likely N-dealkylation sites (N-methyl/N-ethyl adjacent to an activating group) is 1. The average molecular weight is 348 g/mol. The second-order valence-electron chi connectivity index (χ2n) is 4.34. The molecule has 94 valence electrons. The van der Waals surface area contributed by atoms with Gasteiger partial charge in [-0.15, -0.1) is 0 Å². The highest BCUT2D eigenvalue weighted by Crippen LogP contribution is 2.14. The van der Waals surface area contributed by atoms with E-state index in [1.54, 1.807) is 0 Å². The number of hydrogen-bond donors (Lipinski definition) is 1. The van der Waals surface area contributed by atoms with Gasteiger partial charge in [-0.3, -0.25) is 4.79 Å². The fraction of sp³-hybridized carbons (Fsp3) is 0.636. The summed E-state index contributed by atoms with van der Waals surface area (Å²) in [4.78, 5) is 22.8. The zero-order chi connectivity index (χ0) is 12.3. The van der Waals surface area contributed by atoms with Gasteiger partial charge >= 0.3 is 0 Å². The van der Waals surface area contributed by atoms with Gasteiger partial charge in [0.25, 0.3) is 5.56 Å². The first-order chi connectivity index (χ1) is 8.18. The summed E-state index contributed by atoms with van der Waals surface area (Å²) < 4.78 is 0.661. The van der Waals surface area contributed by atoms with E-state index in [1.165, 1.54) is 32.3 Å². The topological polar surface area (TPSA) is 52.2 Å². The lowest BCUT2D eigenvalue weighted by atomic mass is 10.4. The van der Waals surface area contributed by atoms with Crippen molar-refractivity contribution >= 4 is 28.4 Å². The van der Waals surface area contributed by atoms with E-state index in [4.69, 9.17) is 0 Å². The van der Waals surface area contributed by atoms with Crippen LogP contribution in [0, 0.1) is 3.57 Å². The van der Waals surface area contributed by atoms with E-state index in [0.717, 1.165) is 18.9 Å². The largest absolute Gasteiger partial charge is 0.357 e. The molecule has 1 saturated heterocycles. The van der Waals surface area contributed by atoms with Gasteiger partial charge in [0, 0.05) is 20.1 Å². The number of H-pyrrole nitrogens is 1. The Balaban J connectivity index is 1.96. The second-order valence-corrected chi connectivity index (χ2v) is 5.42. The first kappa shape index (κ1) is 12.8. The van der Waals surface area contributed by atoms with E-state index in [-0.39, 0.29) is 5.56 Å². The maximum absolute atomic E-state index is 11.5. The van der Waals surface area contributed by atoms with Crippen molar-refractivity contribution in [2.24, 2.45) is 0 Å². The zero-order valence-electron chi connectivity index (χ0n) is 9.95. The molecule has 2 rings (SSSR count). The first-order valence-corrected chi connectivity index (χ1v) is 6.93. The Bertz CT molecular complexity index is 428. The standard InChI is InChI=1S/C11H17IN4O/c1-15(6-7-16-4-2-3-5-16)10-9(12)11(17)14-8-13-10/h8H,2-7H2,1H3,(H,13,14,17). The number of nitrogens with zero attached hydrogens (tertiary/aromatic N) is 3. The van der Waals surface area contributed by atoms with Gasteiger partial charge < -0.3 is 14.8 Å². The first-order valence-electron chi connectivity index (χ1n) is 5.85. The summed E-state index contributed by atoms with van der Waals surface area (Å²) in [7, 11) is 1.99. The van der Waals surface area contributed by atoms with Gasteiger partial charge in [0.1, 0.15) is 9.39 Å². The molecular weight excluding hydrogens is 331 g/mol. The van der Waals surface area contributed by atoms with Crippen molar-refractivity contribution in [3.8, 4) is 0 Å². The Morgan fingerprint density at radius 3 is 2.94 bits per heavy atom. The number of halogens is 1. The van der Waals surface area contributed by atoms with Crippen molar-refractivity contribution in [1.29, 1.82) is 0 Å². The summed E-state index contributed by atoms with van der Waals surface area (Å²) in [6, 6.07) is 0. The molecule has 1 aromatic heterocycles. The van der Waals surface area contributed by atoms with Crippen LogP contribution in [0.2, 0.25) is 0 Å². The molecule has 1 fully saturated rings. The zero-order valence-corrected chi connectivity index (χ0v) is 12.1. The van der Waals surface area contributed by atoms with Crippen LogP contribution in [0.5, 0.6) is 0 Å². The predicted molar refractivity (Wildman–Crippen MR) is 76.5 cm³/mol. The van der Waals surface area contributed by atoms with Crippen molar-refractivity contribution in [1.82, 2.24) is 14.9 Å². The van der Waals surface area contributed by atoms with Crippen molar-refractivity contribution < 1.29 is 0 Å². The van der Waals surface area contributed by atoms with Crippen LogP contribution in [0.3, 0.4) is 0 Å². The van der Waals surface area contributed by atoms with Crippen LogP contribution in [0.4, 0.5) is 5.82 Å². The lowest BCUT2D eigenvalue weighted by molar-refractivity contribution is 0.346. The van der Waals surface area contributed by atoms with E-state index in [0.29, 0.717) is 3.57 Å². The normalized spacial score (nSPS) is 16.4. The predicted octanol–water partition coefficient (Wildman–Crippen LogP) is 0.906. The molecule has 0 atom stereocenters. The highest BCUT2D eigenvalue weighted by Gasteiger charge is 2.14. The number of anilines is 1.